The molecule has 0 aliphatic heterocycles. The van der Waals surface area contributed by atoms with Gasteiger partial charge in [0.1, 0.15) is 11.6 Å². The molecule has 0 aromatic heterocycles. The van der Waals surface area contributed by atoms with Gasteiger partial charge in [-0.2, -0.15) is 0 Å². The summed E-state index contributed by atoms with van der Waals surface area (Å²) >= 11 is 3.20. The fraction of sp³-hybridized carbons (Fsp3) is 0.188. The first-order valence-electron chi connectivity index (χ1n) is 6.32. The van der Waals surface area contributed by atoms with E-state index in [2.05, 4.69) is 15.9 Å². The number of halogens is 2. The molecule has 0 saturated carbocycles. The molecular weight excluding hydrogens is 323 g/mol. The van der Waals surface area contributed by atoms with Gasteiger partial charge in [-0.3, -0.25) is 4.79 Å². The Labute approximate surface area is 125 Å². The molecule has 0 N–H and O–H groups in total. The number of ether oxygens (including phenoxy) is 1. The number of Topliss-reactive ketones (excluding diaryl/α,β-unsaturated/α-hetero) is 1. The van der Waals surface area contributed by atoms with E-state index in [0.29, 0.717) is 35.2 Å². The molecule has 2 rings (SSSR count). The third kappa shape index (κ3) is 4.46. The Morgan fingerprint density at radius 2 is 1.90 bits per heavy atom. The van der Waals surface area contributed by atoms with Crippen molar-refractivity contribution in [3.63, 3.8) is 0 Å². The maximum Gasteiger partial charge on any atom is 0.163 e. The first-order valence-corrected chi connectivity index (χ1v) is 7.11. The molecule has 20 heavy (non-hydrogen) atoms. The molecule has 0 spiro atoms. The minimum atomic E-state index is -0.352. The number of benzene rings is 2. The van der Waals surface area contributed by atoms with Crippen molar-refractivity contribution in [3.8, 4) is 5.75 Å². The highest BCUT2D eigenvalue weighted by Gasteiger charge is 2.05. The van der Waals surface area contributed by atoms with Crippen molar-refractivity contribution in [1.29, 1.82) is 0 Å². The summed E-state index contributed by atoms with van der Waals surface area (Å²) in [5.74, 6) is 0.202. The molecule has 0 bridgehead atoms. The Morgan fingerprint density at radius 1 is 1.15 bits per heavy atom. The third-order valence-corrected chi connectivity index (χ3v) is 3.21. The topological polar surface area (TPSA) is 26.3 Å². The number of carbonyl (C=O) groups is 1. The number of hydrogen-bond donors (Lipinski definition) is 0. The Morgan fingerprint density at radius 3 is 2.60 bits per heavy atom. The lowest BCUT2D eigenvalue weighted by Gasteiger charge is -2.06. The summed E-state index contributed by atoms with van der Waals surface area (Å²) in [6, 6.07) is 13.5. The summed E-state index contributed by atoms with van der Waals surface area (Å²) in [6.45, 7) is 0.383. The molecule has 2 aromatic rings. The van der Waals surface area contributed by atoms with Crippen LogP contribution < -0.4 is 4.74 Å². The van der Waals surface area contributed by atoms with Crippen molar-refractivity contribution >= 4 is 21.7 Å². The monoisotopic (exact) mass is 336 g/mol. The summed E-state index contributed by atoms with van der Waals surface area (Å²) in [7, 11) is 0. The van der Waals surface area contributed by atoms with Crippen LogP contribution in [-0.2, 0) is 0 Å². The van der Waals surface area contributed by atoms with Crippen molar-refractivity contribution in [1.82, 2.24) is 0 Å². The van der Waals surface area contributed by atoms with E-state index in [4.69, 9.17) is 4.74 Å². The number of hydrogen-bond acceptors (Lipinski definition) is 2. The Balaban J connectivity index is 1.78. The van der Waals surface area contributed by atoms with Gasteiger partial charge in [0.25, 0.3) is 0 Å². The second-order valence-corrected chi connectivity index (χ2v) is 5.26. The predicted molar refractivity (Wildman–Crippen MR) is 79.6 cm³/mol. The first-order chi connectivity index (χ1) is 9.65. The van der Waals surface area contributed by atoms with Crippen LogP contribution in [0, 0.1) is 5.82 Å². The minimum absolute atomic E-state index is 0.0922. The lowest BCUT2D eigenvalue weighted by molar-refractivity contribution is 0.0973. The van der Waals surface area contributed by atoms with Gasteiger partial charge >= 0.3 is 0 Å². The SMILES string of the molecule is O=C(CCCOc1cc(F)cc(Br)c1)c1ccccc1. The average Bonchev–Trinajstić information content (AvgIpc) is 2.43. The van der Waals surface area contributed by atoms with Gasteiger partial charge in [0, 0.05) is 22.5 Å². The molecule has 0 fully saturated rings. The second kappa shape index (κ2) is 7.20. The van der Waals surface area contributed by atoms with Gasteiger partial charge in [-0.1, -0.05) is 46.3 Å². The highest BCUT2D eigenvalue weighted by molar-refractivity contribution is 9.10. The van der Waals surface area contributed by atoms with Crippen LogP contribution in [0.5, 0.6) is 5.75 Å². The molecule has 0 atom stereocenters. The van der Waals surface area contributed by atoms with Crippen molar-refractivity contribution in [2.24, 2.45) is 0 Å². The van der Waals surface area contributed by atoms with E-state index in [0.717, 1.165) is 0 Å². The fourth-order valence-corrected chi connectivity index (χ4v) is 2.25. The standard InChI is InChI=1S/C16H14BrFO2/c17-13-9-14(18)11-15(10-13)20-8-4-7-16(19)12-5-2-1-3-6-12/h1-3,5-6,9-11H,4,7-8H2. The predicted octanol–water partition coefficient (Wildman–Crippen LogP) is 4.63. The quantitative estimate of drug-likeness (QED) is 0.567. The average molecular weight is 337 g/mol. The van der Waals surface area contributed by atoms with Crippen LogP contribution in [0.2, 0.25) is 0 Å². The van der Waals surface area contributed by atoms with Crippen molar-refractivity contribution < 1.29 is 13.9 Å². The molecule has 104 valence electrons. The highest BCUT2D eigenvalue weighted by Crippen LogP contribution is 2.20. The lowest BCUT2D eigenvalue weighted by atomic mass is 10.1. The van der Waals surface area contributed by atoms with E-state index in [1.165, 1.54) is 12.1 Å². The maximum absolute atomic E-state index is 13.1. The molecular formula is C16H14BrFO2. The molecule has 0 unspecified atom stereocenters. The van der Waals surface area contributed by atoms with E-state index in [1.807, 2.05) is 18.2 Å². The summed E-state index contributed by atoms with van der Waals surface area (Å²) in [5, 5.41) is 0. The number of carbonyl (C=O) groups excluding carboxylic acids is 1. The van der Waals surface area contributed by atoms with E-state index in [9.17, 15) is 9.18 Å². The molecule has 0 heterocycles. The fourth-order valence-electron chi connectivity index (χ4n) is 1.80. The molecule has 4 heteroatoms. The Hall–Kier alpha value is -1.68. The van der Waals surface area contributed by atoms with Crippen LogP contribution in [0.3, 0.4) is 0 Å². The van der Waals surface area contributed by atoms with Crippen LogP contribution in [0.1, 0.15) is 23.2 Å². The normalized spacial score (nSPS) is 10.3. The summed E-state index contributed by atoms with van der Waals surface area (Å²) in [6.07, 6.45) is 1.02. The van der Waals surface area contributed by atoms with Crippen molar-refractivity contribution in [3.05, 3.63) is 64.4 Å². The van der Waals surface area contributed by atoms with Gasteiger partial charge < -0.3 is 4.74 Å². The first kappa shape index (κ1) is 14.7. The smallest absolute Gasteiger partial charge is 0.163 e. The van der Waals surface area contributed by atoms with E-state index >= 15 is 0 Å². The van der Waals surface area contributed by atoms with Crippen LogP contribution in [-0.4, -0.2) is 12.4 Å². The Bertz CT molecular complexity index is 564. The van der Waals surface area contributed by atoms with Crippen molar-refractivity contribution in [2.75, 3.05) is 6.61 Å². The van der Waals surface area contributed by atoms with Gasteiger partial charge in [0.2, 0.25) is 0 Å². The van der Waals surface area contributed by atoms with Crippen molar-refractivity contribution in [2.45, 2.75) is 12.8 Å². The number of ketones is 1. The molecule has 0 saturated heterocycles. The zero-order valence-corrected chi connectivity index (χ0v) is 12.4. The second-order valence-electron chi connectivity index (χ2n) is 4.35. The molecule has 0 aliphatic rings. The van der Waals surface area contributed by atoms with Crippen LogP contribution in [0.4, 0.5) is 4.39 Å². The number of rotatable bonds is 6. The van der Waals surface area contributed by atoms with Gasteiger partial charge in [0.05, 0.1) is 6.61 Å². The van der Waals surface area contributed by atoms with Crippen LogP contribution >= 0.6 is 15.9 Å². The van der Waals surface area contributed by atoms with Crippen LogP contribution in [0.25, 0.3) is 0 Å². The maximum atomic E-state index is 13.1. The van der Waals surface area contributed by atoms with Crippen LogP contribution in [0.15, 0.2) is 53.0 Å². The van der Waals surface area contributed by atoms with E-state index < -0.39 is 0 Å². The van der Waals surface area contributed by atoms with E-state index in [1.54, 1.807) is 18.2 Å². The van der Waals surface area contributed by atoms with Gasteiger partial charge in [0.15, 0.2) is 5.78 Å². The molecule has 0 aliphatic carbocycles. The zero-order valence-electron chi connectivity index (χ0n) is 10.8. The molecule has 0 radical (unpaired) electrons. The highest BCUT2D eigenvalue weighted by atomic mass is 79.9. The minimum Gasteiger partial charge on any atom is -0.493 e. The Kier molecular flexibility index (Phi) is 5.30. The largest absolute Gasteiger partial charge is 0.493 e. The van der Waals surface area contributed by atoms with Gasteiger partial charge in [-0.25, -0.2) is 4.39 Å². The molecule has 0 amide bonds. The van der Waals surface area contributed by atoms with Gasteiger partial charge in [-0.05, 0) is 18.6 Å². The summed E-state index contributed by atoms with van der Waals surface area (Å²) < 4.78 is 19.2. The lowest BCUT2D eigenvalue weighted by Crippen LogP contribution is -2.04. The van der Waals surface area contributed by atoms with E-state index in [-0.39, 0.29) is 11.6 Å². The summed E-state index contributed by atoms with van der Waals surface area (Å²) in [4.78, 5) is 11.8. The zero-order chi connectivity index (χ0) is 14.4. The molecule has 2 aromatic carbocycles. The third-order valence-electron chi connectivity index (χ3n) is 2.75. The summed E-state index contributed by atoms with van der Waals surface area (Å²) in [5.41, 5.74) is 0.709. The van der Waals surface area contributed by atoms with Gasteiger partial charge in [-0.15, -0.1) is 0 Å². The molecule has 2 nitrogen and oxygen atoms in total.